The summed E-state index contributed by atoms with van der Waals surface area (Å²) in [5.41, 5.74) is 4.36. The largest absolute Gasteiger partial charge is 0.413 e. The molecule has 0 spiro atoms. The number of primary amides is 1. The first-order valence-electron chi connectivity index (χ1n) is 7.67. The van der Waals surface area contributed by atoms with E-state index in [4.69, 9.17) is 15.0 Å². The summed E-state index contributed by atoms with van der Waals surface area (Å²) in [7, 11) is -4.60. The van der Waals surface area contributed by atoms with Crippen molar-refractivity contribution in [3.63, 3.8) is 0 Å². The SMILES string of the molecule is NC(=O)C1(O[C@@H]2CCCNC2)CCC2CN1CN2OS(=O)(=O)O. The predicted molar refractivity (Wildman–Crippen MR) is 78.0 cm³/mol. The van der Waals surface area contributed by atoms with Crippen LogP contribution in [0.25, 0.3) is 0 Å². The van der Waals surface area contributed by atoms with Crippen molar-refractivity contribution in [2.24, 2.45) is 5.73 Å². The zero-order valence-electron chi connectivity index (χ0n) is 12.7. The molecular weight excluding hydrogens is 328 g/mol. The topological polar surface area (TPSA) is 134 Å². The van der Waals surface area contributed by atoms with E-state index in [9.17, 15) is 13.2 Å². The Morgan fingerprint density at radius 2 is 2.17 bits per heavy atom. The van der Waals surface area contributed by atoms with Gasteiger partial charge in [0.15, 0.2) is 0 Å². The van der Waals surface area contributed by atoms with Gasteiger partial charge >= 0.3 is 10.4 Å². The van der Waals surface area contributed by atoms with E-state index in [2.05, 4.69) is 9.60 Å². The summed E-state index contributed by atoms with van der Waals surface area (Å²) >= 11 is 0. The van der Waals surface area contributed by atoms with Crippen LogP contribution in [-0.2, 0) is 24.2 Å². The molecule has 23 heavy (non-hydrogen) atoms. The number of ether oxygens (including phenoxy) is 1. The molecule has 3 rings (SSSR count). The summed E-state index contributed by atoms with van der Waals surface area (Å²) in [6.07, 6.45) is 2.51. The zero-order chi connectivity index (χ0) is 16.7. The van der Waals surface area contributed by atoms with Gasteiger partial charge in [-0.25, -0.2) is 0 Å². The number of rotatable bonds is 5. The normalized spacial score (nSPS) is 38.6. The Morgan fingerprint density at radius 1 is 1.39 bits per heavy atom. The van der Waals surface area contributed by atoms with Gasteiger partial charge in [0.25, 0.3) is 5.91 Å². The highest BCUT2D eigenvalue weighted by atomic mass is 32.3. The third kappa shape index (κ3) is 3.50. The number of nitrogens with one attached hydrogen (secondary N) is 1. The van der Waals surface area contributed by atoms with Gasteiger partial charge < -0.3 is 15.8 Å². The Morgan fingerprint density at radius 3 is 2.78 bits per heavy atom. The Hall–Kier alpha value is -0.820. The quantitative estimate of drug-likeness (QED) is 0.501. The average molecular weight is 350 g/mol. The van der Waals surface area contributed by atoms with Crippen LogP contribution in [0.2, 0.25) is 0 Å². The molecule has 3 unspecified atom stereocenters. The summed E-state index contributed by atoms with van der Waals surface area (Å²) in [5.74, 6) is -0.588. The molecular formula is C12H22N4O6S. The Labute approximate surface area is 134 Å². The van der Waals surface area contributed by atoms with Gasteiger partial charge in [-0.15, -0.1) is 0 Å². The van der Waals surface area contributed by atoms with Crippen molar-refractivity contribution in [1.82, 2.24) is 15.3 Å². The van der Waals surface area contributed by atoms with Gasteiger partial charge in [0.2, 0.25) is 5.72 Å². The van der Waals surface area contributed by atoms with Crippen molar-refractivity contribution in [2.75, 3.05) is 26.3 Å². The first-order chi connectivity index (χ1) is 10.8. The standard InChI is InChI=1S/C12H22N4O6S/c13-11(17)12(21-10-2-1-5-14-6-10)4-3-9-7-15(12)8-16(9)22-23(18,19)20/h9-10,14H,1-8H2,(H2,13,17)(H,18,19,20)/t9?,10-,12?/m1/s1. The van der Waals surface area contributed by atoms with Crippen LogP contribution in [0, 0.1) is 0 Å². The van der Waals surface area contributed by atoms with E-state index in [1.54, 1.807) is 4.90 Å². The zero-order valence-corrected chi connectivity index (χ0v) is 13.5. The molecule has 132 valence electrons. The minimum Gasteiger partial charge on any atom is -0.366 e. The summed E-state index contributed by atoms with van der Waals surface area (Å²) in [4.78, 5) is 13.8. The van der Waals surface area contributed by atoms with E-state index in [0.717, 1.165) is 24.4 Å². The van der Waals surface area contributed by atoms with Crippen LogP contribution >= 0.6 is 0 Å². The molecule has 0 saturated carbocycles. The summed E-state index contributed by atoms with van der Waals surface area (Å²) < 4.78 is 41.4. The molecule has 0 radical (unpaired) electrons. The maximum absolute atomic E-state index is 12.1. The van der Waals surface area contributed by atoms with Crippen LogP contribution in [0.5, 0.6) is 0 Å². The highest BCUT2D eigenvalue weighted by Gasteiger charge is 2.55. The lowest BCUT2D eigenvalue weighted by atomic mass is 9.95. The molecule has 3 saturated heterocycles. The highest BCUT2D eigenvalue weighted by molar-refractivity contribution is 7.80. The number of hydroxylamine groups is 2. The number of amides is 1. The fourth-order valence-corrected chi connectivity index (χ4v) is 3.99. The van der Waals surface area contributed by atoms with E-state index in [1.165, 1.54) is 0 Å². The first-order valence-corrected chi connectivity index (χ1v) is 9.04. The van der Waals surface area contributed by atoms with Gasteiger partial charge in [-0.05, 0) is 25.8 Å². The molecule has 3 heterocycles. The van der Waals surface area contributed by atoms with Gasteiger partial charge in [-0.2, -0.15) is 17.8 Å². The fraction of sp³-hybridized carbons (Fsp3) is 0.917. The highest BCUT2D eigenvalue weighted by Crippen LogP contribution is 2.38. The monoisotopic (exact) mass is 350 g/mol. The van der Waals surface area contributed by atoms with Crippen molar-refractivity contribution in [1.29, 1.82) is 0 Å². The van der Waals surface area contributed by atoms with E-state index in [0.29, 0.717) is 25.9 Å². The molecule has 0 aromatic heterocycles. The fourth-order valence-electron chi connectivity index (χ4n) is 3.58. The maximum atomic E-state index is 12.1. The second-order valence-corrected chi connectivity index (χ2v) is 7.22. The lowest BCUT2D eigenvalue weighted by molar-refractivity contribution is -0.201. The third-order valence-corrected chi connectivity index (χ3v) is 5.04. The molecule has 4 N–H and O–H groups in total. The third-order valence-electron chi connectivity index (χ3n) is 4.66. The van der Waals surface area contributed by atoms with Crippen molar-refractivity contribution in [3.05, 3.63) is 0 Å². The number of nitrogens with two attached hydrogens (primary N) is 1. The molecule has 0 aromatic rings. The Balaban J connectivity index is 1.75. The van der Waals surface area contributed by atoms with Crippen LogP contribution in [0.3, 0.4) is 0 Å². The number of hydrogen-bond donors (Lipinski definition) is 3. The molecule has 10 nitrogen and oxygen atoms in total. The number of piperidine rings is 2. The van der Waals surface area contributed by atoms with Gasteiger partial charge in [0, 0.05) is 19.5 Å². The summed E-state index contributed by atoms with van der Waals surface area (Å²) in [6, 6.07) is -0.238. The van der Waals surface area contributed by atoms with Gasteiger partial charge in [-0.3, -0.25) is 14.2 Å². The van der Waals surface area contributed by atoms with Crippen molar-refractivity contribution >= 4 is 16.3 Å². The number of nitrogens with zero attached hydrogens (tertiary/aromatic N) is 2. The van der Waals surface area contributed by atoms with E-state index in [-0.39, 0.29) is 18.8 Å². The van der Waals surface area contributed by atoms with Crippen LogP contribution in [0.1, 0.15) is 25.7 Å². The molecule has 0 aliphatic carbocycles. The second-order valence-electron chi connectivity index (χ2n) is 6.21. The number of fused-ring (bicyclic) bond motifs is 2. The van der Waals surface area contributed by atoms with E-state index < -0.39 is 22.0 Å². The Bertz CT molecular complexity index is 566. The second kappa shape index (κ2) is 6.24. The van der Waals surface area contributed by atoms with Crippen LogP contribution < -0.4 is 11.1 Å². The number of carbonyl (C=O) groups excluding carboxylic acids is 1. The molecule has 3 aliphatic rings. The molecule has 11 heteroatoms. The van der Waals surface area contributed by atoms with Gasteiger partial charge in [0.05, 0.1) is 18.8 Å². The smallest absolute Gasteiger partial charge is 0.366 e. The van der Waals surface area contributed by atoms with E-state index in [1.807, 2.05) is 0 Å². The summed E-state index contributed by atoms with van der Waals surface area (Å²) in [6.45, 7) is 1.98. The molecule has 4 atom stereocenters. The molecule has 3 fully saturated rings. The maximum Gasteiger partial charge on any atom is 0.413 e. The minimum absolute atomic E-state index is 0.0214. The number of hydrogen-bond acceptors (Lipinski definition) is 8. The predicted octanol–water partition coefficient (Wildman–Crippen LogP) is -1.59. The lowest BCUT2D eigenvalue weighted by Gasteiger charge is -2.43. The average Bonchev–Trinajstić information content (AvgIpc) is 2.80. The minimum atomic E-state index is -4.60. The van der Waals surface area contributed by atoms with Crippen molar-refractivity contribution in [2.45, 2.75) is 43.6 Å². The molecule has 0 aromatic carbocycles. The van der Waals surface area contributed by atoms with E-state index >= 15 is 0 Å². The number of carbonyl (C=O) groups is 1. The molecule has 3 aliphatic heterocycles. The summed E-state index contributed by atoms with van der Waals surface area (Å²) in [5, 5.41) is 4.38. The molecule has 2 bridgehead atoms. The molecule has 1 amide bonds. The van der Waals surface area contributed by atoms with Crippen molar-refractivity contribution < 1.29 is 26.8 Å². The van der Waals surface area contributed by atoms with Gasteiger partial charge in [-0.1, -0.05) is 0 Å². The van der Waals surface area contributed by atoms with Crippen LogP contribution in [0.15, 0.2) is 0 Å². The van der Waals surface area contributed by atoms with Crippen LogP contribution in [0.4, 0.5) is 0 Å². The Kier molecular flexibility index (Phi) is 4.62. The van der Waals surface area contributed by atoms with Crippen LogP contribution in [-0.4, -0.2) is 73.0 Å². The van der Waals surface area contributed by atoms with Crippen molar-refractivity contribution in [3.8, 4) is 0 Å². The lowest BCUT2D eigenvalue weighted by Crippen LogP contribution is -2.63. The first kappa shape index (κ1) is 17.0. The van der Waals surface area contributed by atoms with Gasteiger partial charge in [0.1, 0.15) is 0 Å².